The molecule has 2 N–H and O–H groups in total. The predicted octanol–water partition coefficient (Wildman–Crippen LogP) is 3.47. The molecule has 1 aliphatic carbocycles. The van der Waals surface area contributed by atoms with Crippen molar-refractivity contribution in [3.05, 3.63) is 34.6 Å². The standard InChI is InChI=1S/C15H20ClFO2/c16-12-6-5-11(9-13(12)17)10-14(18)15(19)7-3-1-2-4-8-15/h5-6,9,14,18-19H,1-4,7-8,10H2. The lowest BCUT2D eigenvalue weighted by Crippen LogP contribution is -2.43. The first-order valence-electron chi connectivity index (χ1n) is 6.86. The summed E-state index contributed by atoms with van der Waals surface area (Å²) in [7, 11) is 0. The van der Waals surface area contributed by atoms with E-state index in [1.54, 1.807) is 6.07 Å². The summed E-state index contributed by atoms with van der Waals surface area (Å²) in [6, 6.07) is 4.50. The quantitative estimate of drug-likeness (QED) is 0.836. The molecule has 19 heavy (non-hydrogen) atoms. The summed E-state index contributed by atoms with van der Waals surface area (Å²) in [6.07, 6.45) is 4.70. The van der Waals surface area contributed by atoms with Crippen LogP contribution in [-0.4, -0.2) is 21.9 Å². The smallest absolute Gasteiger partial charge is 0.142 e. The Bertz CT molecular complexity index is 428. The molecule has 1 aromatic carbocycles. The van der Waals surface area contributed by atoms with Crippen molar-refractivity contribution in [2.45, 2.75) is 56.7 Å². The fourth-order valence-electron chi connectivity index (χ4n) is 2.75. The van der Waals surface area contributed by atoms with Crippen LogP contribution in [0.25, 0.3) is 0 Å². The Morgan fingerprint density at radius 3 is 2.42 bits per heavy atom. The van der Waals surface area contributed by atoms with E-state index >= 15 is 0 Å². The average Bonchev–Trinajstić information content (AvgIpc) is 2.60. The number of hydrogen-bond donors (Lipinski definition) is 2. The molecule has 0 bridgehead atoms. The lowest BCUT2D eigenvalue weighted by molar-refractivity contribution is -0.0836. The van der Waals surface area contributed by atoms with Gasteiger partial charge in [0.2, 0.25) is 0 Å². The number of aliphatic hydroxyl groups is 2. The van der Waals surface area contributed by atoms with Gasteiger partial charge in [-0.1, -0.05) is 43.4 Å². The topological polar surface area (TPSA) is 40.5 Å². The number of rotatable bonds is 3. The highest BCUT2D eigenvalue weighted by Crippen LogP contribution is 2.31. The number of halogens is 2. The molecule has 106 valence electrons. The van der Waals surface area contributed by atoms with E-state index in [1.807, 2.05) is 0 Å². The van der Waals surface area contributed by atoms with Gasteiger partial charge < -0.3 is 10.2 Å². The zero-order valence-corrected chi connectivity index (χ0v) is 11.7. The first-order valence-corrected chi connectivity index (χ1v) is 7.23. The summed E-state index contributed by atoms with van der Waals surface area (Å²) >= 11 is 5.63. The normalized spacial score (nSPS) is 20.8. The minimum Gasteiger partial charge on any atom is -0.390 e. The van der Waals surface area contributed by atoms with E-state index in [0.717, 1.165) is 25.7 Å². The maximum Gasteiger partial charge on any atom is 0.142 e. The zero-order chi connectivity index (χ0) is 13.9. The van der Waals surface area contributed by atoms with Crippen molar-refractivity contribution in [2.24, 2.45) is 0 Å². The second-order valence-electron chi connectivity index (χ2n) is 5.49. The summed E-state index contributed by atoms with van der Waals surface area (Å²) < 4.78 is 13.4. The number of hydrogen-bond acceptors (Lipinski definition) is 2. The molecular weight excluding hydrogens is 267 g/mol. The molecule has 0 amide bonds. The Kier molecular flexibility index (Phi) is 4.82. The minimum absolute atomic E-state index is 0.0754. The lowest BCUT2D eigenvalue weighted by Gasteiger charge is -2.32. The second-order valence-corrected chi connectivity index (χ2v) is 5.89. The Hall–Kier alpha value is -0.640. The number of aliphatic hydroxyl groups excluding tert-OH is 1. The van der Waals surface area contributed by atoms with Gasteiger partial charge in [-0.15, -0.1) is 0 Å². The van der Waals surface area contributed by atoms with Crippen LogP contribution < -0.4 is 0 Å². The van der Waals surface area contributed by atoms with E-state index < -0.39 is 17.5 Å². The monoisotopic (exact) mass is 286 g/mol. The molecule has 1 unspecified atom stereocenters. The van der Waals surface area contributed by atoms with E-state index in [1.165, 1.54) is 12.1 Å². The van der Waals surface area contributed by atoms with Gasteiger partial charge in [0.25, 0.3) is 0 Å². The van der Waals surface area contributed by atoms with Crippen molar-refractivity contribution >= 4 is 11.6 Å². The predicted molar refractivity (Wildman–Crippen MR) is 73.8 cm³/mol. The molecule has 4 heteroatoms. The zero-order valence-electron chi connectivity index (χ0n) is 10.9. The molecule has 2 nitrogen and oxygen atoms in total. The number of benzene rings is 1. The maximum absolute atomic E-state index is 13.4. The Morgan fingerprint density at radius 1 is 1.21 bits per heavy atom. The highest BCUT2D eigenvalue weighted by Gasteiger charge is 2.35. The van der Waals surface area contributed by atoms with Crippen LogP contribution in [0.15, 0.2) is 18.2 Å². The van der Waals surface area contributed by atoms with Crippen molar-refractivity contribution in [2.75, 3.05) is 0 Å². The van der Waals surface area contributed by atoms with Crippen molar-refractivity contribution < 1.29 is 14.6 Å². The van der Waals surface area contributed by atoms with E-state index in [2.05, 4.69) is 0 Å². The van der Waals surface area contributed by atoms with Crippen LogP contribution >= 0.6 is 11.6 Å². The van der Waals surface area contributed by atoms with Gasteiger partial charge in [-0.2, -0.15) is 0 Å². The molecule has 0 radical (unpaired) electrons. The molecule has 0 aromatic heterocycles. The molecule has 0 heterocycles. The third-order valence-corrected chi connectivity index (χ3v) is 4.31. The van der Waals surface area contributed by atoms with Gasteiger partial charge in [0.15, 0.2) is 0 Å². The fraction of sp³-hybridized carbons (Fsp3) is 0.600. The molecule has 1 saturated carbocycles. The highest BCUT2D eigenvalue weighted by molar-refractivity contribution is 6.30. The summed E-state index contributed by atoms with van der Waals surface area (Å²) in [5.74, 6) is -0.487. The van der Waals surface area contributed by atoms with E-state index in [4.69, 9.17) is 11.6 Å². The molecular formula is C15H20ClFO2. The molecule has 0 saturated heterocycles. The van der Waals surface area contributed by atoms with Crippen LogP contribution in [-0.2, 0) is 6.42 Å². The van der Waals surface area contributed by atoms with Crippen LogP contribution in [0.5, 0.6) is 0 Å². The highest BCUT2D eigenvalue weighted by atomic mass is 35.5. The summed E-state index contributed by atoms with van der Waals surface area (Å²) in [4.78, 5) is 0. The van der Waals surface area contributed by atoms with Crippen LogP contribution in [0.3, 0.4) is 0 Å². The summed E-state index contributed by atoms with van der Waals surface area (Å²) in [5.41, 5.74) is -0.376. The SMILES string of the molecule is OC(Cc1ccc(Cl)c(F)c1)C1(O)CCCCCC1. The minimum atomic E-state index is -1.04. The van der Waals surface area contributed by atoms with Crippen LogP contribution in [0.4, 0.5) is 4.39 Å². The van der Waals surface area contributed by atoms with Crippen molar-refractivity contribution in [3.63, 3.8) is 0 Å². The molecule has 1 fully saturated rings. The third-order valence-electron chi connectivity index (χ3n) is 4.00. The van der Waals surface area contributed by atoms with Crippen molar-refractivity contribution in [1.29, 1.82) is 0 Å². The summed E-state index contributed by atoms with van der Waals surface area (Å²) in [5, 5.41) is 20.9. The molecule has 2 rings (SSSR count). The van der Waals surface area contributed by atoms with E-state index in [0.29, 0.717) is 18.4 Å². The molecule has 0 aliphatic heterocycles. The Balaban J connectivity index is 2.06. The van der Waals surface area contributed by atoms with Crippen LogP contribution in [0.2, 0.25) is 5.02 Å². The van der Waals surface area contributed by atoms with Gasteiger partial charge in [0.05, 0.1) is 16.7 Å². The lowest BCUT2D eigenvalue weighted by atomic mass is 9.85. The molecule has 1 atom stereocenters. The van der Waals surface area contributed by atoms with Gasteiger partial charge in [-0.3, -0.25) is 0 Å². The fourth-order valence-corrected chi connectivity index (χ4v) is 2.87. The Labute approximate surface area is 118 Å². The van der Waals surface area contributed by atoms with E-state index in [9.17, 15) is 14.6 Å². The third kappa shape index (κ3) is 3.68. The second kappa shape index (κ2) is 6.21. The molecule has 1 aromatic rings. The van der Waals surface area contributed by atoms with Crippen LogP contribution in [0, 0.1) is 5.82 Å². The van der Waals surface area contributed by atoms with E-state index in [-0.39, 0.29) is 11.4 Å². The Morgan fingerprint density at radius 2 is 1.84 bits per heavy atom. The average molecular weight is 287 g/mol. The maximum atomic E-state index is 13.4. The largest absolute Gasteiger partial charge is 0.390 e. The van der Waals surface area contributed by atoms with Gasteiger partial charge in [-0.25, -0.2) is 4.39 Å². The summed E-state index contributed by atoms with van der Waals surface area (Å²) in [6.45, 7) is 0. The van der Waals surface area contributed by atoms with Crippen molar-refractivity contribution in [1.82, 2.24) is 0 Å². The first kappa shape index (κ1) is 14.8. The molecule has 1 aliphatic rings. The van der Waals surface area contributed by atoms with Gasteiger partial charge in [0.1, 0.15) is 5.82 Å². The first-order chi connectivity index (χ1) is 9.01. The van der Waals surface area contributed by atoms with Gasteiger partial charge >= 0.3 is 0 Å². The van der Waals surface area contributed by atoms with Gasteiger partial charge in [0, 0.05) is 6.42 Å². The molecule has 0 spiro atoms. The van der Waals surface area contributed by atoms with Crippen LogP contribution in [0.1, 0.15) is 44.1 Å². The van der Waals surface area contributed by atoms with Crippen molar-refractivity contribution in [3.8, 4) is 0 Å². The van der Waals surface area contributed by atoms with Gasteiger partial charge in [-0.05, 0) is 30.5 Å².